The second-order valence-electron chi connectivity index (χ2n) is 3.55. The first kappa shape index (κ1) is 13.8. The van der Waals surface area contributed by atoms with E-state index in [1.807, 2.05) is 0 Å². The SMILES string of the molecule is Cl.Cl.O=C(O)N1CCN2CCC1CC2. The van der Waals surface area contributed by atoms with Crippen LogP contribution in [0.3, 0.4) is 0 Å². The maximum Gasteiger partial charge on any atom is 0.407 e. The summed E-state index contributed by atoms with van der Waals surface area (Å²) in [6.45, 7) is 3.77. The average molecular weight is 243 g/mol. The summed E-state index contributed by atoms with van der Waals surface area (Å²) >= 11 is 0. The first-order valence-electron chi connectivity index (χ1n) is 4.49. The van der Waals surface area contributed by atoms with Crippen LogP contribution in [0.5, 0.6) is 0 Å². The molecule has 6 heteroatoms. The number of nitrogens with zero attached hydrogens (tertiary/aromatic N) is 2. The Hall–Kier alpha value is -0.190. The van der Waals surface area contributed by atoms with Gasteiger partial charge in [0.05, 0.1) is 0 Å². The maximum atomic E-state index is 10.8. The fourth-order valence-electron chi connectivity index (χ4n) is 2.14. The fourth-order valence-corrected chi connectivity index (χ4v) is 2.14. The lowest BCUT2D eigenvalue weighted by molar-refractivity contribution is 0.124. The van der Waals surface area contributed by atoms with Crippen molar-refractivity contribution in [1.29, 1.82) is 0 Å². The summed E-state index contributed by atoms with van der Waals surface area (Å²) in [5.74, 6) is 0. The highest BCUT2D eigenvalue weighted by Gasteiger charge is 2.31. The molecule has 0 spiro atoms. The number of hydrogen-bond acceptors (Lipinski definition) is 2. The number of piperidine rings is 1. The molecule has 3 aliphatic heterocycles. The summed E-state index contributed by atoms with van der Waals surface area (Å²) in [6.07, 6.45) is 1.29. The Morgan fingerprint density at radius 3 is 2.14 bits per heavy atom. The first-order chi connectivity index (χ1) is 5.77. The molecule has 14 heavy (non-hydrogen) atoms. The lowest BCUT2D eigenvalue weighted by Gasteiger charge is -2.29. The predicted molar refractivity (Wildman–Crippen MR) is 58.7 cm³/mol. The molecule has 2 bridgehead atoms. The van der Waals surface area contributed by atoms with E-state index in [4.69, 9.17) is 5.11 Å². The van der Waals surface area contributed by atoms with E-state index in [0.29, 0.717) is 12.6 Å². The minimum atomic E-state index is -0.747. The van der Waals surface area contributed by atoms with Crippen LogP contribution in [0.2, 0.25) is 0 Å². The molecule has 0 aliphatic carbocycles. The van der Waals surface area contributed by atoms with Gasteiger partial charge in [0.25, 0.3) is 0 Å². The minimum Gasteiger partial charge on any atom is -0.465 e. The summed E-state index contributed by atoms with van der Waals surface area (Å²) in [7, 11) is 0. The van der Waals surface area contributed by atoms with E-state index < -0.39 is 6.09 Å². The van der Waals surface area contributed by atoms with Gasteiger partial charge in [-0.3, -0.25) is 0 Å². The Balaban J connectivity index is 0.000000845. The van der Waals surface area contributed by atoms with Gasteiger partial charge in [-0.05, 0) is 12.8 Å². The monoisotopic (exact) mass is 242 g/mol. The van der Waals surface area contributed by atoms with Crippen LogP contribution in [0.25, 0.3) is 0 Å². The van der Waals surface area contributed by atoms with Gasteiger partial charge >= 0.3 is 6.09 Å². The number of carbonyl (C=O) groups is 1. The summed E-state index contributed by atoms with van der Waals surface area (Å²) < 4.78 is 0. The van der Waals surface area contributed by atoms with E-state index in [9.17, 15) is 4.79 Å². The first-order valence-corrected chi connectivity index (χ1v) is 4.49. The molecule has 0 aromatic heterocycles. The number of hydrogen-bond donors (Lipinski definition) is 1. The van der Waals surface area contributed by atoms with Crippen molar-refractivity contribution < 1.29 is 9.90 Å². The van der Waals surface area contributed by atoms with Gasteiger partial charge in [0.2, 0.25) is 0 Å². The van der Waals surface area contributed by atoms with Crippen molar-refractivity contribution in [3.63, 3.8) is 0 Å². The molecule has 3 fully saturated rings. The molecule has 0 saturated carbocycles. The lowest BCUT2D eigenvalue weighted by atomic mass is 10.1. The molecule has 84 valence electrons. The van der Waals surface area contributed by atoms with Crippen LogP contribution in [0, 0.1) is 0 Å². The second kappa shape index (κ2) is 5.63. The Morgan fingerprint density at radius 2 is 1.64 bits per heavy atom. The zero-order valence-electron chi connectivity index (χ0n) is 7.89. The van der Waals surface area contributed by atoms with Gasteiger partial charge in [0, 0.05) is 32.2 Å². The molecule has 1 N–H and O–H groups in total. The van der Waals surface area contributed by atoms with Gasteiger partial charge in [-0.25, -0.2) is 4.79 Å². The molecule has 3 heterocycles. The van der Waals surface area contributed by atoms with Crippen molar-refractivity contribution >= 4 is 30.9 Å². The molecule has 0 aromatic carbocycles. The summed E-state index contributed by atoms with van der Waals surface area (Å²) in [5.41, 5.74) is 0. The molecule has 1 amide bonds. The molecular formula is C8H16Cl2N2O2. The standard InChI is InChI=1S/C8H14N2O2.2ClH/c11-8(12)10-6-5-9-3-1-7(10)2-4-9;;/h7H,1-6H2,(H,11,12);2*1H. The van der Waals surface area contributed by atoms with Crippen molar-refractivity contribution in [2.45, 2.75) is 18.9 Å². The molecule has 0 unspecified atom stereocenters. The number of fused-ring (bicyclic) bond motifs is 4. The van der Waals surface area contributed by atoms with Gasteiger partial charge in [-0.15, -0.1) is 24.8 Å². The van der Waals surface area contributed by atoms with Crippen LogP contribution >= 0.6 is 24.8 Å². The van der Waals surface area contributed by atoms with E-state index >= 15 is 0 Å². The summed E-state index contributed by atoms with van der Waals surface area (Å²) in [6, 6.07) is 0.293. The number of rotatable bonds is 0. The molecule has 3 rings (SSSR count). The van der Waals surface area contributed by atoms with E-state index in [0.717, 1.165) is 32.5 Å². The fraction of sp³-hybridized carbons (Fsp3) is 0.875. The molecule has 0 aromatic rings. The van der Waals surface area contributed by atoms with Crippen molar-refractivity contribution in [2.75, 3.05) is 26.2 Å². The highest BCUT2D eigenvalue weighted by molar-refractivity contribution is 5.85. The molecule has 0 radical (unpaired) electrons. The van der Waals surface area contributed by atoms with Crippen LogP contribution in [-0.2, 0) is 0 Å². The Bertz CT molecular complexity index is 196. The maximum absolute atomic E-state index is 10.8. The third-order valence-electron chi connectivity index (χ3n) is 2.90. The topological polar surface area (TPSA) is 43.8 Å². The van der Waals surface area contributed by atoms with Crippen molar-refractivity contribution in [2.24, 2.45) is 0 Å². The van der Waals surface area contributed by atoms with Crippen LogP contribution in [0.1, 0.15) is 12.8 Å². The predicted octanol–water partition coefficient (Wildman–Crippen LogP) is 1.29. The summed E-state index contributed by atoms with van der Waals surface area (Å²) in [4.78, 5) is 14.8. The quantitative estimate of drug-likeness (QED) is 0.697. The van der Waals surface area contributed by atoms with E-state index in [1.165, 1.54) is 0 Å². The number of carboxylic acid groups (broad SMARTS) is 1. The zero-order valence-corrected chi connectivity index (χ0v) is 9.52. The summed E-state index contributed by atoms with van der Waals surface area (Å²) in [5, 5.41) is 8.89. The minimum absolute atomic E-state index is 0. The van der Waals surface area contributed by atoms with E-state index in [-0.39, 0.29) is 24.8 Å². The third-order valence-corrected chi connectivity index (χ3v) is 2.90. The lowest BCUT2D eigenvalue weighted by Crippen LogP contribution is -2.40. The van der Waals surface area contributed by atoms with Crippen molar-refractivity contribution in [1.82, 2.24) is 9.80 Å². The van der Waals surface area contributed by atoms with Gasteiger partial charge in [-0.1, -0.05) is 0 Å². The van der Waals surface area contributed by atoms with Crippen molar-refractivity contribution in [3.8, 4) is 0 Å². The van der Waals surface area contributed by atoms with Gasteiger partial charge < -0.3 is 14.9 Å². The molecule has 3 saturated heterocycles. The number of halogens is 2. The second-order valence-corrected chi connectivity index (χ2v) is 3.55. The van der Waals surface area contributed by atoms with Gasteiger partial charge in [0.1, 0.15) is 0 Å². The van der Waals surface area contributed by atoms with Crippen LogP contribution in [0.15, 0.2) is 0 Å². The number of amides is 1. The van der Waals surface area contributed by atoms with Crippen LogP contribution < -0.4 is 0 Å². The smallest absolute Gasteiger partial charge is 0.407 e. The molecule has 4 nitrogen and oxygen atoms in total. The van der Waals surface area contributed by atoms with Crippen molar-refractivity contribution in [3.05, 3.63) is 0 Å². The Morgan fingerprint density at radius 1 is 1.07 bits per heavy atom. The molecule has 0 atom stereocenters. The highest BCUT2D eigenvalue weighted by Crippen LogP contribution is 2.20. The van der Waals surface area contributed by atoms with Crippen LogP contribution in [-0.4, -0.2) is 53.2 Å². The largest absolute Gasteiger partial charge is 0.465 e. The highest BCUT2D eigenvalue weighted by atomic mass is 35.5. The normalized spacial score (nSPS) is 29.9. The van der Waals surface area contributed by atoms with Gasteiger partial charge in [0.15, 0.2) is 0 Å². The molecular weight excluding hydrogens is 227 g/mol. The third kappa shape index (κ3) is 2.65. The van der Waals surface area contributed by atoms with E-state index in [1.54, 1.807) is 4.90 Å². The Labute approximate surface area is 96.1 Å². The average Bonchev–Trinajstić information content (AvgIpc) is 2.36. The molecule has 3 aliphatic rings. The zero-order chi connectivity index (χ0) is 8.55. The van der Waals surface area contributed by atoms with Crippen LogP contribution in [0.4, 0.5) is 4.79 Å². The Kier molecular flexibility index (Phi) is 5.56. The van der Waals surface area contributed by atoms with Gasteiger partial charge in [-0.2, -0.15) is 0 Å². The van der Waals surface area contributed by atoms with E-state index in [2.05, 4.69) is 4.90 Å².